The van der Waals surface area contributed by atoms with E-state index >= 15 is 0 Å². The summed E-state index contributed by atoms with van der Waals surface area (Å²) < 4.78 is 44.6. The van der Waals surface area contributed by atoms with Crippen LogP contribution < -0.4 is 10.1 Å². The summed E-state index contributed by atoms with van der Waals surface area (Å²) in [4.78, 5) is 0. The summed E-state index contributed by atoms with van der Waals surface area (Å²) in [5, 5.41) is 3.46. The Morgan fingerprint density at radius 2 is 1.95 bits per heavy atom. The minimum absolute atomic E-state index is 0.109. The first-order chi connectivity index (χ1) is 9.32. The van der Waals surface area contributed by atoms with Gasteiger partial charge in [-0.1, -0.05) is 23.2 Å². The van der Waals surface area contributed by atoms with Crippen LogP contribution in [0.25, 0.3) is 0 Å². The zero-order valence-corrected chi connectivity index (χ0v) is 11.9. The number of benzene rings is 1. The highest BCUT2D eigenvalue weighted by Gasteiger charge is 2.64. The summed E-state index contributed by atoms with van der Waals surface area (Å²) in [5.41, 5.74) is -1.16. The molecule has 0 bridgehead atoms. The number of rotatable bonds is 2. The number of hydrogen-bond donors (Lipinski definition) is 1. The molecular weight excluding hydrogens is 314 g/mol. The van der Waals surface area contributed by atoms with Gasteiger partial charge in [0.2, 0.25) is 0 Å². The molecule has 1 saturated carbocycles. The Hall–Kier alpha value is -0.650. The fourth-order valence-corrected chi connectivity index (χ4v) is 3.11. The third kappa shape index (κ3) is 2.36. The molecule has 1 heterocycles. The molecule has 110 valence electrons. The lowest BCUT2D eigenvalue weighted by Crippen LogP contribution is -2.47. The molecular formula is C13H12Cl2F3NO. The van der Waals surface area contributed by atoms with Gasteiger partial charge in [-0.05, 0) is 25.0 Å². The zero-order chi connectivity index (χ0) is 14.5. The van der Waals surface area contributed by atoms with Crippen molar-refractivity contribution in [2.24, 2.45) is 0 Å². The molecule has 1 N–H and O–H groups in total. The quantitative estimate of drug-likeness (QED) is 0.864. The van der Waals surface area contributed by atoms with Gasteiger partial charge in [0, 0.05) is 23.0 Å². The molecule has 1 fully saturated rings. The molecule has 1 unspecified atom stereocenters. The van der Waals surface area contributed by atoms with Gasteiger partial charge < -0.3 is 4.74 Å². The fourth-order valence-electron chi connectivity index (χ4n) is 2.54. The van der Waals surface area contributed by atoms with Crippen molar-refractivity contribution in [3.8, 4) is 5.75 Å². The van der Waals surface area contributed by atoms with Crippen molar-refractivity contribution >= 4 is 23.2 Å². The standard InChI is InChI=1S/C13H12Cl2F3NO/c14-7-5-8-10(1-4-20-11(8)9(15)6-7)19-12(2-3-12)13(16,17)18/h5-6,10,19H,1-4H2. The highest BCUT2D eigenvalue weighted by Crippen LogP contribution is 2.51. The molecule has 3 rings (SSSR count). The molecule has 0 amide bonds. The first-order valence-corrected chi connectivity index (χ1v) is 7.04. The summed E-state index contributed by atoms with van der Waals surface area (Å²) in [6.07, 6.45) is -3.57. The molecule has 1 aromatic carbocycles. The average Bonchev–Trinajstić information content (AvgIpc) is 3.10. The number of hydrogen-bond acceptors (Lipinski definition) is 2. The third-order valence-corrected chi connectivity index (χ3v) is 4.31. The SMILES string of the molecule is FC(F)(F)C1(NC2CCOc3c(Cl)cc(Cl)cc32)CC1. The number of halogens is 5. The summed E-state index contributed by atoms with van der Waals surface area (Å²) in [6, 6.07) is 2.70. The first-order valence-electron chi connectivity index (χ1n) is 6.29. The minimum Gasteiger partial charge on any atom is -0.492 e. The molecule has 0 aromatic heterocycles. The summed E-state index contributed by atoms with van der Waals surface area (Å²) in [7, 11) is 0. The Morgan fingerprint density at radius 3 is 2.55 bits per heavy atom. The van der Waals surface area contributed by atoms with Crippen LogP contribution in [-0.2, 0) is 0 Å². The van der Waals surface area contributed by atoms with Gasteiger partial charge >= 0.3 is 6.18 Å². The summed E-state index contributed by atoms with van der Waals surface area (Å²) >= 11 is 12.0. The maximum Gasteiger partial charge on any atom is 0.406 e. The maximum absolute atomic E-state index is 13.0. The van der Waals surface area contributed by atoms with Crippen LogP contribution in [0, 0.1) is 0 Å². The third-order valence-electron chi connectivity index (χ3n) is 3.81. The molecule has 0 radical (unpaired) electrons. The smallest absolute Gasteiger partial charge is 0.406 e. The topological polar surface area (TPSA) is 21.3 Å². The van der Waals surface area contributed by atoms with Crippen LogP contribution in [-0.4, -0.2) is 18.3 Å². The van der Waals surface area contributed by atoms with Gasteiger partial charge in [-0.25, -0.2) is 0 Å². The second kappa shape index (κ2) is 4.68. The molecule has 0 spiro atoms. The lowest BCUT2D eigenvalue weighted by atomic mass is 9.99. The van der Waals surface area contributed by atoms with Gasteiger partial charge in [-0.15, -0.1) is 0 Å². The highest BCUT2D eigenvalue weighted by molar-refractivity contribution is 6.35. The molecule has 1 aromatic rings. The molecule has 0 saturated heterocycles. The lowest BCUT2D eigenvalue weighted by Gasteiger charge is -2.32. The van der Waals surface area contributed by atoms with Gasteiger partial charge in [-0.2, -0.15) is 13.2 Å². The van der Waals surface area contributed by atoms with Crippen molar-refractivity contribution in [1.82, 2.24) is 5.32 Å². The zero-order valence-electron chi connectivity index (χ0n) is 10.4. The van der Waals surface area contributed by atoms with Crippen molar-refractivity contribution in [2.45, 2.75) is 37.0 Å². The Kier molecular flexibility index (Phi) is 3.35. The van der Waals surface area contributed by atoms with E-state index in [-0.39, 0.29) is 12.8 Å². The van der Waals surface area contributed by atoms with Crippen LogP contribution in [0.5, 0.6) is 5.75 Å². The molecule has 1 aliphatic carbocycles. The van der Waals surface area contributed by atoms with Crippen molar-refractivity contribution in [3.05, 3.63) is 27.7 Å². The van der Waals surface area contributed by atoms with Crippen LogP contribution in [0.1, 0.15) is 30.9 Å². The number of ether oxygens (including phenoxy) is 1. The van der Waals surface area contributed by atoms with Gasteiger partial charge in [0.05, 0.1) is 11.6 Å². The first kappa shape index (κ1) is 14.3. The number of alkyl halides is 3. The van der Waals surface area contributed by atoms with Crippen molar-refractivity contribution in [1.29, 1.82) is 0 Å². The van der Waals surface area contributed by atoms with E-state index in [9.17, 15) is 13.2 Å². The normalized spacial score (nSPS) is 23.9. The van der Waals surface area contributed by atoms with Gasteiger partial charge in [-0.3, -0.25) is 5.32 Å². The Labute approximate surface area is 124 Å². The van der Waals surface area contributed by atoms with Crippen LogP contribution in [0.3, 0.4) is 0 Å². The van der Waals surface area contributed by atoms with Gasteiger partial charge in [0.1, 0.15) is 11.3 Å². The summed E-state index contributed by atoms with van der Waals surface area (Å²) in [5.74, 6) is 0.429. The van der Waals surface area contributed by atoms with Gasteiger partial charge in [0.15, 0.2) is 0 Å². The van der Waals surface area contributed by atoms with Crippen molar-refractivity contribution in [3.63, 3.8) is 0 Å². The Bertz CT molecular complexity index is 543. The molecule has 7 heteroatoms. The highest BCUT2D eigenvalue weighted by atomic mass is 35.5. The number of nitrogens with one attached hydrogen (secondary N) is 1. The molecule has 2 nitrogen and oxygen atoms in total. The Morgan fingerprint density at radius 1 is 1.25 bits per heavy atom. The van der Waals surface area contributed by atoms with E-state index in [1.165, 1.54) is 6.07 Å². The van der Waals surface area contributed by atoms with Crippen LogP contribution in [0.4, 0.5) is 13.2 Å². The van der Waals surface area contributed by atoms with E-state index in [1.54, 1.807) is 6.07 Å². The monoisotopic (exact) mass is 325 g/mol. The molecule has 1 atom stereocenters. The average molecular weight is 326 g/mol. The van der Waals surface area contributed by atoms with Crippen LogP contribution >= 0.6 is 23.2 Å². The van der Waals surface area contributed by atoms with E-state index in [1.807, 2.05) is 0 Å². The van der Waals surface area contributed by atoms with E-state index < -0.39 is 17.8 Å². The molecule has 1 aliphatic heterocycles. The van der Waals surface area contributed by atoms with Gasteiger partial charge in [0.25, 0.3) is 0 Å². The molecule has 20 heavy (non-hydrogen) atoms. The van der Waals surface area contributed by atoms with Crippen LogP contribution in [0.15, 0.2) is 12.1 Å². The minimum atomic E-state index is -4.24. The van der Waals surface area contributed by atoms with Crippen LogP contribution in [0.2, 0.25) is 10.0 Å². The predicted molar refractivity (Wildman–Crippen MR) is 70.5 cm³/mol. The predicted octanol–water partition coefficient (Wildman–Crippen LogP) is 4.50. The summed E-state index contributed by atoms with van der Waals surface area (Å²) in [6.45, 7) is 0.333. The second-order valence-corrected chi connectivity index (χ2v) is 6.06. The number of fused-ring (bicyclic) bond motifs is 1. The Balaban J connectivity index is 1.91. The fraction of sp³-hybridized carbons (Fsp3) is 0.538. The van der Waals surface area contributed by atoms with Crippen molar-refractivity contribution < 1.29 is 17.9 Å². The lowest BCUT2D eigenvalue weighted by molar-refractivity contribution is -0.168. The van der Waals surface area contributed by atoms with E-state index in [0.717, 1.165) is 0 Å². The van der Waals surface area contributed by atoms with E-state index in [0.29, 0.717) is 34.4 Å². The van der Waals surface area contributed by atoms with E-state index in [2.05, 4.69) is 5.32 Å². The van der Waals surface area contributed by atoms with E-state index in [4.69, 9.17) is 27.9 Å². The van der Waals surface area contributed by atoms with Crippen molar-refractivity contribution in [2.75, 3.05) is 6.61 Å². The molecule has 2 aliphatic rings. The second-order valence-electron chi connectivity index (χ2n) is 5.22. The largest absolute Gasteiger partial charge is 0.492 e. The maximum atomic E-state index is 13.0.